The van der Waals surface area contributed by atoms with E-state index in [0.717, 1.165) is 20.0 Å². The van der Waals surface area contributed by atoms with Crippen LogP contribution in [0, 0.1) is 13.8 Å². The zero-order valence-corrected chi connectivity index (χ0v) is 18.3. The molecule has 1 aromatic heterocycles. The first kappa shape index (κ1) is 23.9. The van der Waals surface area contributed by atoms with Gasteiger partial charge in [0.15, 0.2) is 0 Å². The number of hydrogen-bond acceptors (Lipinski definition) is 7. The van der Waals surface area contributed by atoms with Gasteiger partial charge in [-0.1, -0.05) is 13.3 Å². The van der Waals surface area contributed by atoms with E-state index in [4.69, 9.17) is 9.15 Å². The van der Waals surface area contributed by atoms with Crippen LogP contribution in [0.15, 0.2) is 22.6 Å². The maximum absolute atomic E-state index is 13.9. The summed E-state index contributed by atoms with van der Waals surface area (Å²) in [6.07, 6.45) is -2.82. The number of rotatable bonds is 7. The van der Waals surface area contributed by atoms with Crippen molar-refractivity contribution in [1.82, 2.24) is 10.9 Å². The number of phenols is 1. The SMILES string of the molecule is CCCCOc1ccc(C2NNC(C(F)(F)F)C2c2cc(C(=O)OC)oc2C)c(O)c1C. The van der Waals surface area contributed by atoms with Crippen molar-refractivity contribution >= 4 is 5.97 Å². The van der Waals surface area contributed by atoms with Crippen LogP contribution in [-0.2, 0) is 4.74 Å². The zero-order chi connectivity index (χ0) is 23.6. The van der Waals surface area contributed by atoms with Crippen molar-refractivity contribution in [2.24, 2.45) is 0 Å². The predicted octanol–water partition coefficient (Wildman–Crippen LogP) is 4.43. The van der Waals surface area contributed by atoms with Gasteiger partial charge in [0.1, 0.15) is 23.3 Å². The van der Waals surface area contributed by atoms with Gasteiger partial charge in [-0.25, -0.2) is 15.6 Å². The Labute approximate surface area is 183 Å². The normalized spacial score (nSPS) is 21.0. The van der Waals surface area contributed by atoms with Gasteiger partial charge in [0.2, 0.25) is 5.76 Å². The van der Waals surface area contributed by atoms with Crippen LogP contribution in [0.25, 0.3) is 0 Å². The average molecular weight is 456 g/mol. The molecule has 32 heavy (non-hydrogen) atoms. The predicted molar refractivity (Wildman–Crippen MR) is 110 cm³/mol. The Kier molecular flexibility index (Phi) is 7.04. The molecule has 0 aliphatic carbocycles. The second kappa shape index (κ2) is 9.41. The van der Waals surface area contributed by atoms with Crippen molar-refractivity contribution in [3.63, 3.8) is 0 Å². The lowest BCUT2D eigenvalue weighted by Gasteiger charge is -2.25. The Bertz CT molecular complexity index is 973. The summed E-state index contributed by atoms with van der Waals surface area (Å²) in [4.78, 5) is 11.8. The molecule has 1 fully saturated rings. The first-order chi connectivity index (χ1) is 15.1. The molecule has 0 spiro atoms. The second-order valence-corrected chi connectivity index (χ2v) is 7.75. The number of furan rings is 1. The van der Waals surface area contributed by atoms with E-state index in [1.165, 1.54) is 13.0 Å². The minimum atomic E-state index is -4.60. The van der Waals surface area contributed by atoms with E-state index < -0.39 is 30.1 Å². The van der Waals surface area contributed by atoms with Gasteiger partial charge < -0.3 is 19.0 Å². The third-order valence-electron chi connectivity index (χ3n) is 5.67. The maximum atomic E-state index is 13.9. The smallest absolute Gasteiger partial charge is 0.405 e. The van der Waals surface area contributed by atoms with E-state index >= 15 is 0 Å². The standard InChI is InChI=1S/C22H27F3N2O5/c1-5-6-9-31-15-8-7-13(19(28)11(15)2)18-17(20(27-26-18)22(23,24)25)14-10-16(21(29)30-4)32-12(14)3/h7-8,10,17-18,20,26-28H,5-6,9H2,1-4H3. The van der Waals surface area contributed by atoms with Crippen molar-refractivity contribution in [1.29, 1.82) is 0 Å². The van der Waals surface area contributed by atoms with Gasteiger partial charge in [-0.15, -0.1) is 0 Å². The van der Waals surface area contributed by atoms with Gasteiger partial charge >= 0.3 is 12.1 Å². The number of alkyl halides is 3. The zero-order valence-electron chi connectivity index (χ0n) is 18.3. The summed E-state index contributed by atoms with van der Waals surface area (Å²) in [5.74, 6) is -1.70. The molecular weight excluding hydrogens is 429 g/mol. The van der Waals surface area contributed by atoms with Gasteiger partial charge in [0.25, 0.3) is 0 Å². The van der Waals surface area contributed by atoms with Crippen molar-refractivity contribution in [2.75, 3.05) is 13.7 Å². The van der Waals surface area contributed by atoms with Gasteiger partial charge in [0.05, 0.1) is 19.8 Å². The van der Waals surface area contributed by atoms with Crippen LogP contribution in [0.4, 0.5) is 13.2 Å². The van der Waals surface area contributed by atoms with E-state index in [0.29, 0.717) is 17.9 Å². The summed E-state index contributed by atoms with van der Waals surface area (Å²) in [7, 11) is 1.16. The van der Waals surface area contributed by atoms with Crippen LogP contribution in [0.5, 0.6) is 11.5 Å². The molecule has 0 saturated carbocycles. The molecule has 0 radical (unpaired) electrons. The van der Waals surface area contributed by atoms with Gasteiger partial charge in [0, 0.05) is 22.6 Å². The molecular formula is C22H27F3N2O5. The molecule has 1 aliphatic rings. The van der Waals surface area contributed by atoms with E-state index in [-0.39, 0.29) is 28.4 Å². The number of phenolic OH excluding ortho intramolecular Hbond substituents is 1. The van der Waals surface area contributed by atoms with E-state index in [1.807, 2.05) is 6.92 Å². The molecule has 1 aromatic carbocycles. The number of esters is 1. The largest absolute Gasteiger partial charge is 0.507 e. The van der Waals surface area contributed by atoms with E-state index in [9.17, 15) is 23.1 Å². The number of aromatic hydroxyl groups is 1. The topological polar surface area (TPSA) is 93.0 Å². The van der Waals surface area contributed by atoms with Crippen molar-refractivity contribution in [2.45, 2.75) is 57.8 Å². The highest BCUT2D eigenvalue weighted by Crippen LogP contribution is 2.47. The number of ether oxygens (including phenoxy) is 2. The first-order valence-corrected chi connectivity index (χ1v) is 10.3. The molecule has 1 saturated heterocycles. The van der Waals surface area contributed by atoms with Gasteiger partial charge in [-0.2, -0.15) is 13.2 Å². The highest BCUT2D eigenvalue weighted by atomic mass is 19.4. The molecule has 176 valence electrons. The number of hydrazine groups is 1. The van der Waals surface area contributed by atoms with Crippen molar-refractivity contribution < 1.29 is 37.0 Å². The number of benzene rings is 1. The highest BCUT2D eigenvalue weighted by molar-refractivity contribution is 5.86. The fourth-order valence-electron chi connectivity index (χ4n) is 3.93. The number of aryl methyl sites for hydroxylation is 1. The van der Waals surface area contributed by atoms with Crippen LogP contribution < -0.4 is 15.6 Å². The van der Waals surface area contributed by atoms with Gasteiger partial charge in [-0.3, -0.25) is 0 Å². The van der Waals surface area contributed by atoms with Crippen molar-refractivity contribution in [3.05, 3.63) is 46.4 Å². The lowest BCUT2D eigenvalue weighted by molar-refractivity contribution is -0.156. The molecule has 2 heterocycles. The molecule has 1 aliphatic heterocycles. The number of halogens is 3. The average Bonchev–Trinajstić information content (AvgIpc) is 3.34. The van der Waals surface area contributed by atoms with Gasteiger partial charge in [-0.05, 0) is 38.5 Å². The van der Waals surface area contributed by atoms with E-state index in [1.54, 1.807) is 19.1 Å². The maximum Gasteiger partial charge on any atom is 0.405 e. The number of carbonyl (C=O) groups is 1. The molecule has 3 rings (SSSR count). The van der Waals surface area contributed by atoms with E-state index in [2.05, 4.69) is 15.6 Å². The monoisotopic (exact) mass is 456 g/mol. The Balaban J connectivity index is 2.03. The number of hydrogen-bond donors (Lipinski definition) is 3. The Morgan fingerprint density at radius 2 is 1.94 bits per heavy atom. The summed E-state index contributed by atoms with van der Waals surface area (Å²) in [6, 6.07) is 1.52. The minimum Gasteiger partial charge on any atom is -0.507 e. The summed E-state index contributed by atoms with van der Waals surface area (Å²) in [6.45, 7) is 5.64. The number of methoxy groups -OCH3 is 1. The number of carbonyl (C=O) groups excluding carboxylic acids is 1. The fourth-order valence-corrected chi connectivity index (χ4v) is 3.93. The third kappa shape index (κ3) is 4.56. The molecule has 10 heteroatoms. The first-order valence-electron chi connectivity index (χ1n) is 10.3. The summed E-state index contributed by atoms with van der Waals surface area (Å²) < 4.78 is 57.3. The van der Waals surface area contributed by atoms with Crippen molar-refractivity contribution in [3.8, 4) is 11.5 Å². The Morgan fingerprint density at radius 3 is 2.56 bits per heavy atom. The fraction of sp³-hybridized carbons (Fsp3) is 0.500. The molecule has 7 nitrogen and oxygen atoms in total. The summed E-state index contributed by atoms with van der Waals surface area (Å²) in [5.41, 5.74) is 5.87. The Morgan fingerprint density at radius 1 is 1.22 bits per heavy atom. The molecule has 0 bridgehead atoms. The lowest BCUT2D eigenvalue weighted by Crippen LogP contribution is -2.43. The minimum absolute atomic E-state index is 0.152. The highest BCUT2D eigenvalue weighted by Gasteiger charge is 2.53. The number of nitrogens with one attached hydrogen (secondary N) is 2. The second-order valence-electron chi connectivity index (χ2n) is 7.75. The van der Waals surface area contributed by atoms with Crippen LogP contribution in [0.2, 0.25) is 0 Å². The van der Waals surface area contributed by atoms with Crippen LogP contribution >= 0.6 is 0 Å². The molecule has 0 amide bonds. The number of unbranched alkanes of at least 4 members (excludes halogenated alkanes) is 1. The summed E-state index contributed by atoms with van der Waals surface area (Å²) in [5, 5.41) is 10.8. The Hall–Kier alpha value is -2.72. The van der Waals surface area contributed by atoms with Crippen LogP contribution in [0.1, 0.15) is 64.7 Å². The molecule has 3 atom stereocenters. The lowest BCUT2D eigenvalue weighted by atomic mass is 9.82. The summed E-state index contributed by atoms with van der Waals surface area (Å²) >= 11 is 0. The quantitative estimate of drug-likeness (QED) is 0.419. The third-order valence-corrected chi connectivity index (χ3v) is 5.67. The van der Waals surface area contributed by atoms with Crippen LogP contribution in [0.3, 0.4) is 0 Å². The molecule has 3 N–H and O–H groups in total. The molecule has 3 unspecified atom stereocenters. The molecule has 2 aromatic rings. The van der Waals surface area contributed by atoms with Crippen LogP contribution in [-0.4, -0.2) is 37.0 Å².